The zero-order valence-corrected chi connectivity index (χ0v) is 16.0. The molecule has 3 rings (SSSR count). The highest BCUT2D eigenvalue weighted by Crippen LogP contribution is 2.18. The first-order valence-corrected chi connectivity index (χ1v) is 10.2. The number of ether oxygens (including phenoxy) is 1. The van der Waals surface area contributed by atoms with Crippen molar-refractivity contribution in [3.05, 3.63) is 65.2 Å². The lowest BCUT2D eigenvalue weighted by Gasteiger charge is -2.26. The van der Waals surface area contributed by atoms with Crippen LogP contribution in [0, 0.1) is 0 Å². The van der Waals surface area contributed by atoms with Crippen molar-refractivity contribution in [2.45, 2.75) is 4.90 Å². The Hall–Kier alpha value is -2.19. The van der Waals surface area contributed by atoms with Gasteiger partial charge in [-0.1, -0.05) is 29.8 Å². The fourth-order valence-electron chi connectivity index (χ4n) is 2.61. The summed E-state index contributed by atoms with van der Waals surface area (Å²) >= 11 is 5.88. The number of benzene rings is 2. The van der Waals surface area contributed by atoms with E-state index in [1.807, 2.05) is 0 Å². The van der Waals surface area contributed by atoms with Crippen molar-refractivity contribution in [3.8, 4) is 0 Å². The first kappa shape index (κ1) is 19.6. The van der Waals surface area contributed by atoms with E-state index in [4.69, 9.17) is 16.3 Å². The number of hydrogen-bond acceptors (Lipinski definition) is 4. The van der Waals surface area contributed by atoms with Crippen molar-refractivity contribution < 1.29 is 17.9 Å². The lowest BCUT2D eigenvalue weighted by atomic mass is 10.2. The Balaban J connectivity index is 1.64. The van der Waals surface area contributed by atoms with Crippen molar-refractivity contribution >= 4 is 39.3 Å². The molecule has 0 spiro atoms. The Morgan fingerprint density at radius 1 is 1.11 bits per heavy atom. The molecule has 0 aliphatic carbocycles. The summed E-state index contributed by atoms with van der Waals surface area (Å²) in [5.74, 6) is -0.303. The summed E-state index contributed by atoms with van der Waals surface area (Å²) in [5.41, 5.74) is 1.32. The van der Waals surface area contributed by atoms with Gasteiger partial charge in [-0.05, 0) is 42.0 Å². The smallest absolute Gasteiger partial charge is 0.248 e. The summed E-state index contributed by atoms with van der Waals surface area (Å²) in [4.78, 5) is 12.2. The van der Waals surface area contributed by atoms with E-state index in [0.29, 0.717) is 37.0 Å². The lowest BCUT2D eigenvalue weighted by molar-refractivity contribution is -0.111. The summed E-state index contributed by atoms with van der Waals surface area (Å²) in [5, 5.41) is 3.24. The number of anilines is 1. The average molecular weight is 407 g/mol. The van der Waals surface area contributed by atoms with Gasteiger partial charge >= 0.3 is 0 Å². The lowest BCUT2D eigenvalue weighted by Crippen LogP contribution is -2.40. The van der Waals surface area contributed by atoms with Crippen LogP contribution in [0.2, 0.25) is 5.02 Å². The largest absolute Gasteiger partial charge is 0.379 e. The van der Waals surface area contributed by atoms with Crippen LogP contribution in [0.5, 0.6) is 0 Å². The molecule has 0 unspecified atom stereocenters. The predicted octanol–water partition coefficient (Wildman–Crippen LogP) is 3.01. The van der Waals surface area contributed by atoms with Crippen molar-refractivity contribution in [3.63, 3.8) is 0 Å². The van der Waals surface area contributed by atoms with Gasteiger partial charge in [-0.25, -0.2) is 8.42 Å². The van der Waals surface area contributed by atoms with E-state index in [1.54, 1.807) is 54.6 Å². The number of rotatable bonds is 5. The summed E-state index contributed by atoms with van der Waals surface area (Å²) in [6.07, 6.45) is 3.00. The first-order valence-electron chi connectivity index (χ1n) is 8.38. The Morgan fingerprint density at radius 2 is 1.81 bits per heavy atom. The molecule has 1 aliphatic heterocycles. The molecule has 1 aliphatic rings. The van der Waals surface area contributed by atoms with E-state index < -0.39 is 10.0 Å². The molecule has 0 radical (unpaired) electrons. The number of halogens is 1. The Labute approximate surface area is 163 Å². The highest BCUT2D eigenvalue weighted by atomic mass is 35.5. The maximum Gasteiger partial charge on any atom is 0.248 e. The maximum atomic E-state index is 12.6. The summed E-state index contributed by atoms with van der Waals surface area (Å²) in [6, 6.07) is 13.3. The Morgan fingerprint density at radius 3 is 2.48 bits per heavy atom. The van der Waals surface area contributed by atoms with Crippen LogP contribution in [0.4, 0.5) is 5.69 Å². The van der Waals surface area contributed by atoms with E-state index in [2.05, 4.69) is 5.32 Å². The van der Waals surface area contributed by atoms with Crippen molar-refractivity contribution in [1.29, 1.82) is 0 Å². The van der Waals surface area contributed by atoms with Crippen molar-refractivity contribution in [2.75, 3.05) is 31.6 Å². The Bertz CT molecular complexity index is 936. The number of nitrogens with one attached hydrogen (secondary N) is 1. The van der Waals surface area contributed by atoms with Gasteiger partial charge in [-0.3, -0.25) is 4.79 Å². The van der Waals surface area contributed by atoms with Gasteiger partial charge < -0.3 is 10.1 Å². The summed E-state index contributed by atoms with van der Waals surface area (Å²) < 4.78 is 31.8. The number of carbonyl (C=O) groups is 1. The summed E-state index contributed by atoms with van der Waals surface area (Å²) in [6.45, 7) is 1.52. The van der Waals surface area contributed by atoms with E-state index in [1.165, 1.54) is 10.4 Å². The topological polar surface area (TPSA) is 75.7 Å². The van der Waals surface area contributed by atoms with Crippen LogP contribution in [-0.2, 0) is 19.6 Å². The van der Waals surface area contributed by atoms with E-state index >= 15 is 0 Å². The number of morpholine rings is 1. The second kappa shape index (κ2) is 8.67. The van der Waals surface area contributed by atoms with Gasteiger partial charge in [0, 0.05) is 29.9 Å². The second-order valence-corrected chi connectivity index (χ2v) is 8.29. The molecule has 6 nitrogen and oxygen atoms in total. The highest BCUT2D eigenvalue weighted by Gasteiger charge is 2.25. The van der Waals surface area contributed by atoms with Crippen LogP contribution in [0.15, 0.2) is 59.5 Å². The van der Waals surface area contributed by atoms with Gasteiger partial charge in [-0.2, -0.15) is 4.31 Å². The molecule has 1 amide bonds. The molecule has 8 heteroatoms. The van der Waals surface area contributed by atoms with Gasteiger partial charge in [0.25, 0.3) is 0 Å². The Kier molecular flexibility index (Phi) is 6.28. The third-order valence-electron chi connectivity index (χ3n) is 4.01. The molecule has 1 saturated heterocycles. The molecule has 1 heterocycles. The second-order valence-electron chi connectivity index (χ2n) is 5.92. The molecule has 2 aromatic rings. The van der Waals surface area contributed by atoms with E-state index in [-0.39, 0.29) is 10.8 Å². The highest BCUT2D eigenvalue weighted by molar-refractivity contribution is 7.89. The molecule has 1 fully saturated rings. The third kappa shape index (κ3) is 5.17. The molecule has 2 aromatic carbocycles. The average Bonchev–Trinajstić information content (AvgIpc) is 2.67. The fourth-order valence-corrected chi connectivity index (χ4v) is 4.21. The van der Waals surface area contributed by atoms with Gasteiger partial charge in [-0.15, -0.1) is 0 Å². The molecular formula is C19H19ClN2O4S. The molecule has 0 saturated carbocycles. The molecule has 142 valence electrons. The van der Waals surface area contributed by atoms with Crippen molar-refractivity contribution in [2.24, 2.45) is 0 Å². The molecule has 1 N–H and O–H groups in total. The predicted molar refractivity (Wildman–Crippen MR) is 105 cm³/mol. The quantitative estimate of drug-likeness (QED) is 0.774. The van der Waals surface area contributed by atoms with Crippen LogP contribution in [0.3, 0.4) is 0 Å². The maximum absolute atomic E-state index is 12.6. The number of sulfonamides is 1. The van der Waals surface area contributed by atoms with Gasteiger partial charge in [0.1, 0.15) is 0 Å². The minimum absolute atomic E-state index is 0.227. The van der Waals surface area contributed by atoms with Gasteiger partial charge in [0.2, 0.25) is 15.9 Å². The third-order valence-corrected chi connectivity index (χ3v) is 6.16. The molecule has 0 aromatic heterocycles. The molecule has 27 heavy (non-hydrogen) atoms. The molecular weight excluding hydrogens is 388 g/mol. The zero-order valence-electron chi connectivity index (χ0n) is 14.5. The minimum atomic E-state index is -3.52. The number of nitrogens with zero attached hydrogens (tertiary/aromatic N) is 1. The standard InChI is InChI=1S/C19H19ClN2O4S/c20-16-2-1-3-17(14-16)21-19(23)9-6-15-4-7-18(8-5-15)27(24,25)22-10-12-26-13-11-22/h1-9,14H,10-13H2,(H,21,23)/b9-6+. The SMILES string of the molecule is O=C(/C=C/c1ccc(S(=O)(=O)N2CCOCC2)cc1)Nc1cccc(Cl)c1. The number of amides is 1. The van der Waals surface area contributed by atoms with Crippen LogP contribution in [-0.4, -0.2) is 44.9 Å². The summed E-state index contributed by atoms with van der Waals surface area (Å²) in [7, 11) is -3.52. The van der Waals surface area contributed by atoms with Crippen LogP contribution >= 0.6 is 11.6 Å². The van der Waals surface area contributed by atoms with Gasteiger partial charge in [0.15, 0.2) is 0 Å². The van der Waals surface area contributed by atoms with Crippen LogP contribution in [0.1, 0.15) is 5.56 Å². The first-order chi connectivity index (χ1) is 12.9. The minimum Gasteiger partial charge on any atom is -0.379 e. The van der Waals surface area contributed by atoms with Crippen molar-refractivity contribution in [1.82, 2.24) is 4.31 Å². The fraction of sp³-hybridized carbons (Fsp3) is 0.211. The van der Waals surface area contributed by atoms with Crippen LogP contribution < -0.4 is 5.32 Å². The van der Waals surface area contributed by atoms with E-state index in [9.17, 15) is 13.2 Å². The molecule has 0 atom stereocenters. The normalized spacial score (nSPS) is 15.7. The monoisotopic (exact) mass is 406 g/mol. The van der Waals surface area contributed by atoms with Gasteiger partial charge in [0.05, 0.1) is 18.1 Å². The number of carbonyl (C=O) groups excluding carboxylic acids is 1. The number of hydrogen-bond donors (Lipinski definition) is 1. The molecule has 0 bridgehead atoms. The zero-order chi connectivity index (χ0) is 19.3. The van der Waals surface area contributed by atoms with Crippen LogP contribution in [0.25, 0.3) is 6.08 Å². The van der Waals surface area contributed by atoms with E-state index in [0.717, 1.165) is 5.56 Å².